The Morgan fingerprint density at radius 2 is 1.93 bits per heavy atom. The monoisotopic (exact) mass is 211 g/mol. The van der Waals surface area contributed by atoms with Gasteiger partial charge in [0, 0.05) is 6.07 Å². The average molecular weight is 211 g/mol. The minimum Gasteiger partial charge on any atom is -0.504 e. The molecule has 5 heteroatoms. The number of hydrogen-bond acceptors (Lipinski definition) is 5. The Balaban J connectivity index is 2.83. The number of hydrogen-bond donors (Lipinski definition) is 3. The van der Waals surface area contributed by atoms with Gasteiger partial charge in [0.05, 0.1) is 0 Å². The molecule has 0 fully saturated rings. The largest absolute Gasteiger partial charge is 0.504 e. The van der Waals surface area contributed by atoms with Crippen LogP contribution in [0.15, 0.2) is 18.2 Å². The zero-order valence-corrected chi connectivity index (χ0v) is 8.52. The molecule has 0 aromatic heterocycles. The molecule has 0 aliphatic heterocycles. The molecular formula is C10H13NO4. The van der Waals surface area contributed by atoms with Gasteiger partial charge in [-0.25, -0.2) is 4.79 Å². The van der Waals surface area contributed by atoms with E-state index >= 15 is 0 Å². The molecule has 1 aromatic rings. The molecule has 0 amide bonds. The summed E-state index contributed by atoms with van der Waals surface area (Å²) in [7, 11) is 0. The zero-order chi connectivity index (χ0) is 11.6. The summed E-state index contributed by atoms with van der Waals surface area (Å²) in [6, 6.07) is 3.72. The first-order valence-corrected chi connectivity index (χ1v) is 4.34. The molecule has 1 rings (SSSR count). The molecule has 15 heavy (non-hydrogen) atoms. The second-order valence-electron chi connectivity index (χ2n) is 3.76. The van der Waals surface area contributed by atoms with Crippen molar-refractivity contribution in [3.63, 3.8) is 0 Å². The fourth-order valence-corrected chi connectivity index (χ4v) is 0.805. The van der Waals surface area contributed by atoms with Crippen LogP contribution in [-0.2, 0) is 4.79 Å². The molecule has 0 aliphatic carbocycles. The van der Waals surface area contributed by atoms with E-state index in [1.54, 1.807) is 0 Å². The van der Waals surface area contributed by atoms with Gasteiger partial charge >= 0.3 is 5.97 Å². The Morgan fingerprint density at radius 1 is 1.33 bits per heavy atom. The summed E-state index contributed by atoms with van der Waals surface area (Å²) in [6.45, 7) is 3.02. The van der Waals surface area contributed by atoms with Crippen molar-refractivity contribution in [3.05, 3.63) is 18.2 Å². The van der Waals surface area contributed by atoms with Gasteiger partial charge in [-0.15, -0.1) is 0 Å². The second-order valence-corrected chi connectivity index (χ2v) is 3.76. The molecule has 0 spiro atoms. The van der Waals surface area contributed by atoms with Gasteiger partial charge in [-0.3, -0.25) is 0 Å². The van der Waals surface area contributed by atoms with E-state index in [9.17, 15) is 4.79 Å². The number of ether oxygens (including phenoxy) is 1. The third-order valence-electron chi connectivity index (χ3n) is 1.68. The number of benzene rings is 1. The molecule has 0 bridgehead atoms. The van der Waals surface area contributed by atoms with Crippen LogP contribution < -0.4 is 10.5 Å². The fourth-order valence-electron chi connectivity index (χ4n) is 0.805. The lowest BCUT2D eigenvalue weighted by molar-refractivity contribution is -0.139. The van der Waals surface area contributed by atoms with Gasteiger partial charge in [0.15, 0.2) is 11.5 Å². The van der Waals surface area contributed by atoms with Crippen LogP contribution in [0, 0.1) is 0 Å². The number of rotatable bonds is 2. The molecule has 1 aromatic carbocycles. The second kappa shape index (κ2) is 3.78. The van der Waals surface area contributed by atoms with E-state index in [1.165, 1.54) is 26.0 Å². The average Bonchev–Trinajstić information content (AvgIpc) is 2.10. The molecule has 0 saturated carbocycles. The van der Waals surface area contributed by atoms with Crippen molar-refractivity contribution in [1.82, 2.24) is 0 Å². The predicted octanol–water partition coefficient (Wildman–Crippen LogP) is 0.740. The van der Waals surface area contributed by atoms with Gasteiger partial charge in [0.1, 0.15) is 11.3 Å². The number of carbonyl (C=O) groups excluding carboxylic acids is 1. The highest BCUT2D eigenvalue weighted by Gasteiger charge is 2.24. The van der Waals surface area contributed by atoms with Crippen LogP contribution in [-0.4, -0.2) is 21.7 Å². The quantitative estimate of drug-likeness (QED) is 0.381. The van der Waals surface area contributed by atoms with Crippen LogP contribution in [0.4, 0.5) is 0 Å². The number of nitrogens with two attached hydrogens (primary N) is 1. The highest BCUT2D eigenvalue weighted by molar-refractivity contribution is 5.81. The van der Waals surface area contributed by atoms with Gasteiger partial charge < -0.3 is 20.7 Å². The maximum absolute atomic E-state index is 11.3. The first-order chi connectivity index (χ1) is 6.80. The smallest absolute Gasteiger partial charge is 0.330 e. The molecule has 82 valence electrons. The number of phenolic OH excluding ortho intramolecular Hbond substituents is 2. The summed E-state index contributed by atoms with van der Waals surface area (Å²) >= 11 is 0. The van der Waals surface area contributed by atoms with Crippen molar-refractivity contribution in [2.75, 3.05) is 0 Å². The minimum atomic E-state index is -1.10. The lowest BCUT2D eigenvalue weighted by Gasteiger charge is -2.16. The standard InChI is InChI=1S/C10H13NO4/c1-10(2,11)9(14)15-6-3-4-7(12)8(13)5-6/h3-5,12-13H,11H2,1-2H3. The Labute approximate surface area is 87.1 Å². The number of esters is 1. The van der Waals surface area contributed by atoms with Crippen LogP contribution in [0.1, 0.15) is 13.8 Å². The Morgan fingerprint density at radius 3 is 2.40 bits per heavy atom. The van der Waals surface area contributed by atoms with E-state index in [1.807, 2.05) is 0 Å². The van der Waals surface area contributed by atoms with Crippen molar-refractivity contribution < 1.29 is 19.7 Å². The summed E-state index contributed by atoms with van der Waals surface area (Å²) in [4.78, 5) is 11.3. The molecule has 5 nitrogen and oxygen atoms in total. The van der Waals surface area contributed by atoms with E-state index in [0.717, 1.165) is 6.07 Å². The minimum absolute atomic E-state index is 0.133. The van der Waals surface area contributed by atoms with Gasteiger partial charge in [0.25, 0.3) is 0 Å². The van der Waals surface area contributed by atoms with Crippen LogP contribution in [0.3, 0.4) is 0 Å². The maximum atomic E-state index is 11.3. The summed E-state index contributed by atoms with van der Waals surface area (Å²) in [5, 5.41) is 18.2. The third kappa shape index (κ3) is 2.85. The highest BCUT2D eigenvalue weighted by atomic mass is 16.5. The predicted molar refractivity (Wildman–Crippen MR) is 53.7 cm³/mol. The lowest BCUT2D eigenvalue weighted by atomic mass is 10.1. The van der Waals surface area contributed by atoms with Crippen LogP contribution in [0.2, 0.25) is 0 Å². The zero-order valence-electron chi connectivity index (χ0n) is 8.52. The van der Waals surface area contributed by atoms with Crippen molar-refractivity contribution in [1.29, 1.82) is 0 Å². The Hall–Kier alpha value is -1.75. The first-order valence-electron chi connectivity index (χ1n) is 4.34. The Bertz CT molecular complexity index is 381. The van der Waals surface area contributed by atoms with E-state index < -0.39 is 11.5 Å². The van der Waals surface area contributed by atoms with Crippen molar-refractivity contribution in [2.45, 2.75) is 19.4 Å². The topological polar surface area (TPSA) is 92.8 Å². The molecule has 0 aliphatic rings. The molecule has 0 heterocycles. The lowest BCUT2D eigenvalue weighted by Crippen LogP contribution is -2.44. The van der Waals surface area contributed by atoms with Crippen LogP contribution >= 0.6 is 0 Å². The molecule has 0 radical (unpaired) electrons. The van der Waals surface area contributed by atoms with Gasteiger partial charge in [-0.2, -0.15) is 0 Å². The third-order valence-corrected chi connectivity index (χ3v) is 1.68. The summed E-state index contributed by atoms with van der Waals surface area (Å²) < 4.78 is 4.88. The summed E-state index contributed by atoms with van der Waals surface area (Å²) in [6.07, 6.45) is 0. The molecule has 4 N–H and O–H groups in total. The summed E-state index contributed by atoms with van der Waals surface area (Å²) in [5.74, 6) is -1.11. The number of phenols is 2. The van der Waals surface area contributed by atoms with Gasteiger partial charge in [-0.1, -0.05) is 0 Å². The van der Waals surface area contributed by atoms with E-state index in [4.69, 9.17) is 20.7 Å². The van der Waals surface area contributed by atoms with Gasteiger partial charge in [0.2, 0.25) is 0 Å². The Kier molecular flexibility index (Phi) is 2.85. The number of aromatic hydroxyl groups is 2. The SMILES string of the molecule is CC(C)(N)C(=O)Oc1ccc(O)c(O)c1. The normalized spacial score (nSPS) is 11.1. The number of carbonyl (C=O) groups is 1. The molecule has 0 atom stereocenters. The maximum Gasteiger partial charge on any atom is 0.330 e. The van der Waals surface area contributed by atoms with Crippen LogP contribution in [0.5, 0.6) is 17.2 Å². The van der Waals surface area contributed by atoms with E-state index in [0.29, 0.717) is 0 Å². The van der Waals surface area contributed by atoms with Crippen LogP contribution in [0.25, 0.3) is 0 Å². The molecule has 0 unspecified atom stereocenters. The fraction of sp³-hybridized carbons (Fsp3) is 0.300. The highest BCUT2D eigenvalue weighted by Crippen LogP contribution is 2.28. The van der Waals surface area contributed by atoms with E-state index in [2.05, 4.69) is 0 Å². The van der Waals surface area contributed by atoms with Gasteiger partial charge in [-0.05, 0) is 26.0 Å². The first kappa shape index (κ1) is 11.3. The summed E-state index contributed by atoms with van der Waals surface area (Å²) in [5.41, 5.74) is 4.40. The molecular weight excluding hydrogens is 198 g/mol. The van der Waals surface area contributed by atoms with Crippen molar-refractivity contribution in [2.24, 2.45) is 5.73 Å². The van der Waals surface area contributed by atoms with Crippen molar-refractivity contribution in [3.8, 4) is 17.2 Å². The van der Waals surface area contributed by atoms with Crippen molar-refractivity contribution >= 4 is 5.97 Å². The van der Waals surface area contributed by atoms with E-state index in [-0.39, 0.29) is 17.2 Å². The molecule has 0 saturated heterocycles.